The van der Waals surface area contributed by atoms with E-state index < -0.39 is 0 Å². The molecular formula is C17H15Cl2N3OS. The van der Waals surface area contributed by atoms with Crippen LogP contribution in [-0.4, -0.2) is 29.4 Å². The van der Waals surface area contributed by atoms with Crippen molar-refractivity contribution in [2.75, 3.05) is 18.9 Å². The molecule has 1 amide bonds. The van der Waals surface area contributed by atoms with Crippen molar-refractivity contribution in [3.8, 4) is 0 Å². The molecule has 0 aliphatic rings. The van der Waals surface area contributed by atoms with Crippen molar-refractivity contribution in [2.24, 2.45) is 0 Å². The van der Waals surface area contributed by atoms with Crippen LogP contribution in [0.25, 0.3) is 10.2 Å². The summed E-state index contributed by atoms with van der Waals surface area (Å²) in [4.78, 5) is 18.7. The van der Waals surface area contributed by atoms with Crippen LogP contribution < -0.4 is 5.32 Å². The first-order chi connectivity index (χ1) is 11.5. The molecule has 124 valence electrons. The van der Waals surface area contributed by atoms with Crippen molar-refractivity contribution in [2.45, 2.75) is 6.54 Å². The smallest absolute Gasteiger partial charge is 0.238 e. The molecule has 3 rings (SSSR count). The van der Waals surface area contributed by atoms with Crippen molar-refractivity contribution in [3.63, 3.8) is 0 Å². The first kappa shape index (κ1) is 17.2. The van der Waals surface area contributed by atoms with Crippen molar-refractivity contribution in [3.05, 3.63) is 57.5 Å². The van der Waals surface area contributed by atoms with E-state index in [4.69, 9.17) is 23.2 Å². The number of carbonyl (C=O) groups is 1. The summed E-state index contributed by atoms with van der Waals surface area (Å²) in [6, 6.07) is 13.1. The minimum absolute atomic E-state index is 0.150. The third kappa shape index (κ3) is 4.05. The van der Waals surface area contributed by atoms with Crippen LogP contribution in [0.4, 0.5) is 5.69 Å². The van der Waals surface area contributed by atoms with Crippen LogP contribution in [-0.2, 0) is 11.3 Å². The van der Waals surface area contributed by atoms with Crippen LogP contribution in [0.15, 0.2) is 42.5 Å². The molecule has 2 aromatic carbocycles. The van der Waals surface area contributed by atoms with Gasteiger partial charge in [-0.2, -0.15) is 0 Å². The van der Waals surface area contributed by atoms with E-state index >= 15 is 0 Å². The summed E-state index contributed by atoms with van der Waals surface area (Å²) in [6.07, 6.45) is 0. The number of aromatic nitrogens is 1. The quantitative estimate of drug-likeness (QED) is 0.700. The standard InChI is InChI=1S/C17H15Cl2N3OS/c1-22(10-16-21-12-6-2-3-8-14(12)24-16)9-15(23)20-13-7-4-5-11(18)17(13)19/h2-8H,9-10H2,1H3,(H,20,23). The summed E-state index contributed by atoms with van der Waals surface area (Å²) in [5.41, 5.74) is 1.50. The highest BCUT2D eigenvalue weighted by Crippen LogP contribution is 2.29. The molecule has 24 heavy (non-hydrogen) atoms. The molecule has 4 nitrogen and oxygen atoms in total. The van der Waals surface area contributed by atoms with E-state index in [1.54, 1.807) is 29.5 Å². The van der Waals surface area contributed by atoms with Gasteiger partial charge in [0.25, 0.3) is 0 Å². The molecule has 0 spiro atoms. The van der Waals surface area contributed by atoms with Crippen molar-refractivity contribution in [1.29, 1.82) is 0 Å². The number of carbonyl (C=O) groups excluding carboxylic acids is 1. The number of halogens is 2. The molecule has 0 saturated carbocycles. The number of thiazole rings is 1. The number of hydrogen-bond donors (Lipinski definition) is 1. The van der Waals surface area contributed by atoms with Crippen LogP contribution in [0.1, 0.15) is 5.01 Å². The van der Waals surface area contributed by atoms with Gasteiger partial charge in [0, 0.05) is 0 Å². The lowest BCUT2D eigenvalue weighted by molar-refractivity contribution is -0.117. The molecule has 0 aliphatic carbocycles. The summed E-state index contributed by atoms with van der Waals surface area (Å²) >= 11 is 13.7. The van der Waals surface area contributed by atoms with Gasteiger partial charge >= 0.3 is 0 Å². The number of benzene rings is 2. The fourth-order valence-electron chi connectivity index (χ4n) is 2.31. The maximum Gasteiger partial charge on any atom is 0.238 e. The van der Waals surface area contributed by atoms with Crippen molar-refractivity contribution in [1.82, 2.24) is 9.88 Å². The number of likely N-dealkylation sites (N-methyl/N-ethyl adjacent to an activating group) is 1. The van der Waals surface area contributed by atoms with Gasteiger partial charge in [0.1, 0.15) is 5.01 Å². The Bertz CT molecular complexity index is 848. The van der Waals surface area contributed by atoms with Gasteiger partial charge in [-0.3, -0.25) is 9.69 Å². The van der Waals surface area contributed by atoms with Gasteiger partial charge in [-0.05, 0) is 31.3 Å². The first-order valence-corrected chi connectivity index (χ1v) is 8.87. The Balaban J connectivity index is 1.60. The largest absolute Gasteiger partial charge is 0.324 e. The summed E-state index contributed by atoms with van der Waals surface area (Å²) in [5, 5.41) is 4.52. The average molecular weight is 380 g/mol. The van der Waals surface area contributed by atoms with E-state index in [0.717, 1.165) is 15.2 Å². The minimum Gasteiger partial charge on any atom is -0.324 e. The maximum absolute atomic E-state index is 12.2. The van der Waals surface area contributed by atoms with Crippen LogP contribution in [0.3, 0.4) is 0 Å². The zero-order valence-corrected chi connectivity index (χ0v) is 15.3. The molecule has 3 aromatic rings. The third-order valence-corrected chi connectivity index (χ3v) is 5.22. The van der Waals surface area contributed by atoms with Gasteiger partial charge in [-0.15, -0.1) is 11.3 Å². The second kappa shape index (κ2) is 7.49. The number of nitrogens with zero attached hydrogens (tertiary/aromatic N) is 2. The zero-order valence-electron chi connectivity index (χ0n) is 12.9. The lowest BCUT2D eigenvalue weighted by Crippen LogP contribution is -2.29. The Morgan fingerprint density at radius 1 is 1.21 bits per heavy atom. The van der Waals surface area contributed by atoms with E-state index in [1.807, 2.05) is 36.2 Å². The molecule has 0 atom stereocenters. The molecule has 1 N–H and O–H groups in total. The monoisotopic (exact) mass is 379 g/mol. The van der Waals surface area contributed by atoms with Gasteiger partial charge in [-0.25, -0.2) is 4.98 Å². The Labute approximate surface area is 154 Å². The van der Waals surface area contributed by atoms with Crippen molar-refractivity contribution >= 4 is 56.3 Å². The maximum atomic E-state index is 12.2. The molecule has 0 fully saturated rings. The van der Waals surface area contributed by atoms with E-state index in [1.165, 1.54) is 0 Å². The highest BCUT2D eigenvalue weighted by molar-refractivity contribution is 7.18. The SMILES string of the molecule is CN(CC(=O)Nc1cccc(Cl)c1Cl)Cc1nc2ccccc2s1. The molecule has 0 bridgehead atoms. The van der Waals surface area contributed by atoms with Gasteiger partial charge in [-0.1, -0.05) is 41.4 Å². The van der Waals surface area contributed by atoms with E-state index in [0.29, 0.717) is 22.3 Å². The van der Waals surface area contributed by atoms with Gasteiger partial charge in [0.2, 0.25) is 5.91 Å². The molecular weight excluding hydrogens is 365 g/mol. The van der Waals surface area contributed by atoms with E-state index in [-0.39, 0.29) is 12.5 Å². The number of hydrogen-bond acceptors (Lipinski definition) is 4. The number of amides is 1. The van der Waals surface area contributed by atoms with Gasteiger partial charge < -0.3 is 5.32 Å². The van der Waals surface area contributed by atoms with Crippen LogP contribution in [0.2, 0.25) is 10.0 Å². The molecule has 1 heterocycles. The number of anilines is 1. The normalized spacial score (nSPS) is 11.2. The third-order valence-electron chi connectivity index (χ3n) is 3.38. The predicted octanol–water partition coefficient (Wildman–Crippen LogP) is 4.67. The Hall–Kier alpha value is -1.66. The Kier molecular flexibility index (Phi) is 5.36. The lowest BCUT2D eigenvalue weighted by Gasteiger charge is -2.15. The van der Waals surface area contributed by atoms with Crippen molar-refractivity contribution < 1.29 is 4.79 Å². The topological polar surface area (TPSA) is 45.2 Å². The first-order valence-electron chi connectivity index (χ1n) is 7.30. The highest BCUT2D eigenvalue weighted by atomic mass is 35.5. The zero-order chi connectivity index (χ0) is 17.1. The van der Waals surface area contributed by atoms with Crippen LogP contribution in [0, 0.1) is 0 Å². The summed E-state index contributed by atoms with van der Waals surface area (Å²) in [5.74, 6) is -0.150. The fraction of sp³-hybridized carbons (Fsp3) is 0.176. The van der Waals surface area contributed by atoms with Gasteiger partial charge in [0.15, 0.2) is 0 Å². The molecule has 0 radical (unpaired) electrons. The van der Waals surface area contributed by atoms with E-state index in [9.17, 15) is 4.79 Å². The summed E-state index contributed by atoms with van der Waals surface area (Å²) in [7, 11) is 1.88. The van der Waals surface area contributed by atoms with E-state index in [2.05, 4.69) is 10.3 Å². The Morgan fingerprint density at radius 3 is 2.79 bits per heavy atom. The number of nitrogens with one attached hydrogen (secondary N) is 1. The van der Waals surface area contributed by atoms with Gasteiger partial charge in [0.05, 0.1) is 39.0 Å². The minimum atomic E-state index is -0.150. The number of fused-ring (bicyclic) bond motifs is 1. The molecule has 1 aromatic heterocycles. The molecule has 7 heteroatoms. The second-order valence-corrected chi connectivity index (χ2v) is 7.30. The highest BCUT2D eigenvalue weighted by Gasteiger charge is 2.12. The second-order valence-electron chi connectivity index (χ2n) is 5.40. The summed E-state index contributed by atoms with van der Waals surface area (Å²) < 4.78 is 1.15. The van der Waals surface area contributed by atoms with Crippen LogP contribution >= 0.6 is 34.5 Å². The van der Waals surface area contributed by atoms with Crippen LogP contribution in [0.5, 0.6) is 0 Å². The molecule has 0 unspecified atom stereocenters. The number of rotatable bonds is 5. The lowest BCUT2D eigenvalue weighted by atomic mass is 10.3. The molecule has 0 aliphatic heterocycles. The Morgan fingerprint density at radius 2 is 2.00 bits per heavy atom. The average Bonchev–Trinajstić information content (AvgIpc) is 2.93. The molecule has 0 saturated heterocycles. The summed E-state index contributed by atoms with van der Waals surface area (Å²) in [6.45, 7) is 0.842. The number of para-hydroxylation sites is 1. The fourth-order valence-corrected chi connectivity index (χ4v) is 3.71. The predicted molar refractivity (Wildman–Crippen MR) is 101 cm³/mol.